The number of carbonyl (C=O) groups is 1. The minimum absolute atomic E-state index is 0.0392. The van der Waals surface area contributed by atoms with E-state index in [-0.39, 0.29) is 11.8 Å². The highest BCUT2D eigenvalue weighted by atomic mass is 32.1. The number of thiazole rings is 1. The van der Waals surface area contributed by atoms with Crippen LogP contribution in [0.1, 0.15) is 44.5 Å². The minimum atomic E-state index is -0.807. The minimum Gasteiger partial charge on any atom is -0.333 e. The molecule has 0 spiro atoms. The standard InChI is InChI=1S/C20H26N4OS/c1-14(2)20(3,13-21)23-18(25)12-24-10-6-7-15(11-24)19-22-16-8-4-5-9-17(16)26-19/h4-5,8-9,14-15H,6-7,10-12H2,1-3H3,(H,23,25)/p+1/t15-,20-/m0/s1. The van der Waals surface area contributed by atoms with Crippen LogP contribution in [0.3, 0.4) is 0 Å². The maximum Gasteiger partial charge on any atom is 0.276 e. The second kappa shape index (κ2) is 7.73. The zero-order chi connectivity index (χ0) is 18.7. The number of amides is 1. The lowest BCUT2D eigenvalue weighted by atomic mass is 9.90. The van der Waals surface area contributed by atoms with E-state index in [0.29, 0.717) is 12.5 Å². The number of rotatable bonds is 5. The van der Waals surface area contributed by atoms with Crippen LogP contribution in [0, 0.1) is 17.2 Å². The Balaban J connectivity index is 1.63. The second-order valence-corrected chi connectivity index (χ2v) is 8.82. The molecular weight excluding hydrogens is 344 g/mol. The molecule has 1 unspecified atom stereocenters. The van der Waals surface area contributed by atoms with Crippen LogP contribution in [0.4, 0.5) is 0 Å². The van der Waals surface area contributed by atoms with E-state index in [1.54, 1.807) is 18.3 Å². The highest BCUT2D eigenvalue weighted by Crippen LogP contribution is 2.30. The molecule has 0 radical (unpaired) electrons. The average Bonchev–Trinajstić information content (AvgIpc) is 3.05. The molecule has 138 valence electrons. The Kier molecular flexibility index (Phi) is 5.59. The van der Waals surface area contributed by atoms with E-state index >= 15 is 0 Å². The Bertz CT molecular complexity index is 792. The van der Waals surface area contributed by atoms with Gasteiger partial charge in [0.2, 0.25) is 0 Å². The number of nitrogens with one attached hydrogen (secondary N) is 2. The van der Waals surface area contributed by atoms with Crippen molar-refractivity contribution in [2.45, 2.75) is 45.1 Å². The van der Waals surface area contributed by atoms with Crippen molar-refractivity contribution in [3.8, 4) is 6.07 Å². The number of fused-ring (bicyclic) bond motifs is 1. The number of quaternary nitrogens is 1. The number of aromatic nitrogens is 1. The molecule has 1 saturated heterocycles. The van der Waals surface area contributed by atoms with Gasteiger partial charge in [0, 0.05) is 0 Å². The molecule has 1 aromatic heterocycles. The van der Waals surface area contributed by atoms with Gasteiger partial charge in [0.25, 0.3) is 5.91 Å². The molecule has 1 fully saturated rings. The van der Waals surface area contributed by atoms with Crippen LogP contribution in [0.2, 0.25) is 0 Å². The predicted molar refractivity (Wildman–Crippen MR) is 104 cm³/mol. The number of likely N-dealkylation sites (tertiary alicyclic amines) is 1. The number of hydrogen-bond donors (Lipinski definition) is 2. The molecule has 1 aliphatic heterocycles. The monoisotopic (exact) mass is 371 g/mol. The van der Waals surface area contributed by atoms with Crippen molar-refractivity contribution in [3.05, 3.63) is 29.3 Å². The highest BCUT2D eigenvalue weighted by molar-refractivity contribution is 7.18. The summed E-state index contributed by atoms with van der Waals surface area (Å²) >= 11 is 1.77. The second-order valence-electron chi connectivity index (χ2n) is 7.76. The van der Waals surface area contributed by atoms with Gasteiger partial charge in [-0.15, -0.1) is 11.3 Å². The Morgan fingerprint density at radius 1 is 1.50 bits per heavy atom. The molecular formula is C20H27N4OS+. The van der Waals surface area contributed by atoms with Crippen molar-refractivity contribution >= 4 is 27.5 Å². The van der Waals surface area contributed by atoms with Crippen LogP contribution in [-0.2, 0) is 4.79 Å². The van der Waals surface area contributed by atoms with Crippen molar-refractivity contribution in [2.75, 3.05) is 19.6 Å². The Labute approximate surface area is 159 Å². The summed E-state index contributed by atoms with van der Waals surface area (Å²) in [4.78, 5) is 18.6. The normalized spacial score (nSPS) is 22.7. The van der Waals surface area contributed by atoms with Crippen LogP contribution in [0.25, 0.3) is 10.2 Å². The fraction of sp³-hybridized carbons (Fsp3) is 0.550. The van der Waals surface area contributed by atoms with E-state index in [2.05, 4.69) is 23.5 Å². The number of nitrogens with zero attached hydrogens (tertiary/aromatic N) is 2. The zero-order valence-electron chi connectivity index (χ0n) is 15.7. The third kappa shape index (κ3) is 4.05. The number of nitriles is 1. The molecule has 3 atom stereocenters. The predicted octanol–water partition coefficient (Wildman–Crippen LogP) is 2.11. The molecule has 2 aromatic rings. The van der Waals surface area contributed by atoms with Gasteiger partial charge >= 0.3 is 0 Å². The Morgan fingerprint density at radius 3 is 2.96 bits per heavy atom. The molecule has 0 aliphatic carbocycles. The van der Waals surface area contributed by atoms with Gasteiger partial charge in [-0.1, -0.05) is 26.0 Å². The molecule has 1 aliphatic rings. The molecule has 26 heavy (non-hydrogen) atoms. The largest absolute Gasteiger partial charge is 0.333 e. The fourth-order valence-corrected chi connectivity index (χ4v) is 4.55. The third-order valence-electron chi connectivity index (χ3n) is 5.47. The van der Waals surface area contributed by atoms with Crippen LogP contribution in [0.15, 0.2) is 24.3 Å². The number of para-hydroxylation sites is 1. The molecule has 5 nitrogen and oxygen atoms in total. The van der Waals surface area contributed by atoms with Crippen molar-refractivity contribution in [1.82, 2.24) is 10.3 Å². The highest BCUT2D eigenvalue weighted by Gasteiger charge is 2.33. The molecule has 3 rings (SSSR count). The zero-order valence-corrected chi connectivity index (χ0v) is 16.5. The van der Waals surface area contributed by atoms with E-state index in [1.165, 1.54) is 14.6 Å². The van der Waals surface area contributed by atoms with E-state index < -0.39 is 5.54 Å². The molecule has 1 amide bonds. The Morgan fingerprint density at radius 2 is 2.27 bits per heavy atom. The van der Waals surface area contributed by atoms with Crippen LogP contribution >= 0.6 is 11.3 Å². The summed E-state index contributed by atoms with van der Waals surface area (Å²) in [6.07, 6.45) is 2.23. The van der Waals surface area contributed by atoms with E-state index in [9.17, 15) is 10.1 Å². The van der Waals surface area contributed by atoms with Crippen molar-refractivity contribution < 1.29 is 9.69 Å². The number of piperidine rings is 1. The molecule has 2 heterocycles. The van der Waals surface area contributed by atoms with Crippen LogP contribution in [-0.4, -0.2) is 36.1 Å². The number of hydrogen-bond acceptors (Lipinski definition) is 4. The van der Waals surface area contributed by atoms with E-state index in [1.807, 2.05) is 26.0 Å². The number of benzene rings is 1. The summed E-state index contributed by atoms with van der Waals surface area (Å²) in [6.45, 7) is 8.06. The molecule has 0 bridgehead atoms. The third-order valence-corrected chi connectivity index (χ3v) is 6.67. The SMILES string of the molecule is CC(C)[C@](C)(C#N)NC(=O)C[NH+]1CCC[C@H](c2nc3ccccc3s2)C1. The first-order valence-corrected chi connectivity index (χ1v) is 10.1. The summed E-state index contributed by atoms with van der Waals surface area (Å²) in [5.74, 6) is 0.447. The quantitative estimate of drug-likeness (QED) is 0.846. The van der Waals surface area contributed by atoms with Crippen molar-refractivity contribution in [3.63, 3.8) is 0 Å². The van der Waals surface area contributed by atoms with Gasteiger partial charge in [-0.25, -0.2) is 4.98 Å². The van der Waals surface area contributed by atoms with Crippen molar-refractivity contribution in [2.24, 2.45) is 5.92 Å². The lowest BCUT2D eigenvalue weighted by Gasteiger charge is -2.31. The van der Waals surface area contributed by atoms with E-state index in [4.69, 9.17) is 4.98 Å². The van der Waals surface area contributed by atoms with Gasteiger partial charge in [-0.2, -0.15) is 5.26 Å². The lowest BCUT2D eigenvalue weighted by Crippen LogP contribution is -3.14. The first kappa shape index (κ1) is 18.8. The first-order valence-electron chi connectivity index (χ1n) is 9.32. The summed E-state index contributed by atoms with van der Waals surface area (Å²) in [6, 6.07) is 10.5. The van der Waals surface area contributed by atoms with Crippen LogP contribution < -0.4 is 10.2 Å². The van der Waals surface area contributed by atoms with Gasteiger partial charge < -0.3 is 10.2 Å². The lowest BCUT2D eigenvalue weighted by molar-refractivity contribution is -0.898. The van der Waals surface area contributed by atoms with Gasteiger partial charge in [0.15, 0.2) is 6.54 Å². The van der Waals surface area contributed by atoms with Gasteiger partial charge in [-0.3, -0.25) is 4.79 Å². The topological polar surface area (TPSA) is 70.2 Å². The molecule has 1 aromatic carbocycles. The van der Waals surface area contributed by atoms with Gasteiger partial charge in [-0.05, 0) is 37.8 Å². The fourth-order valence-electron chi connectivity index (χ4n) is 3.45. The van der Waals surface area contributed by atoms with Crippen molar-refractivity contribution in [1.29, 1.82) is 5.26 Å². The number of carbonyl (C=O) groups excluding carboxylic acids is 1. The summed E-state index contributed by atoms with van der Waals surface area (Å²) in [7, 11) is 0. The maximum atomic E-state index is 12.5. The van der Waals surface area contributed by atoms with Crippen LogP contribution in [0.5, 0.6) is 0 Å². The summed E-state index contributed by atoms with van der Waals surface area (Å²) in [5.41, 5.74) is 0.262. The summed E-state index contributed by atoms with van der Waals surface area (Å²) in [5, 5.41) is 13.5. The first-order chi connectivity index (χ1) is 12.4. The smallest absolute Gasteiger partial charge is 0.276 e. The average molecular weight is 372 g/mol. The van der Waals surface area contributed by atoms with Gasteiger partial charge in [0.05, 0.1) is 35.3 Å². The van der Waals surface area contributed by atoms with Gasteiger partial charge in [0.1, 0.15) is 10.5 Å². The molecule has 2 N–H and O–H groups in total. The maximum absolute atomic E-state index is 12.5. The van der Waals surface area contributed by atoms with E-state index in [0.717, 1.165) is 31.4 Å². The summed E-state index contributed by atoms with van der Waals surface area (Å²) < 4.78 is 1.23. The Hall–Kier alpha value is -1.97. The molecule has 6 heteroatoms. The molecule has 0 saturated carbocycles.